The van der Waals surface area contributed by atoms with Gasteiger partial charge in [-0.1, -0.05) is 108 Å². The summed E-state index contributed by atoms with van der Waals surface area (Å²) in [6, 6.07) is 7.92. The maximum absolute atomic E-state index is 12.3. The van der Waals surface area contributed by atoms with Crippen LogP contribution in [0.25, 0.3) is 0 Å². The maximum atomic E-state index is 12.3. The molecule has 0 aromatic heterocycles. The molecule has 1 atom stereocenters. The molecule has 1 rings (SSSR count). The van der Waals surface area contributed by atoms with Gasteiger partial charge in [0.15, 0.2) is 5.78 Å². The van der Waals surface area contributed by atoms with E-state index in [4.69, 9.17) is 11.6 Å². The average Bonchev–Trinajstić information content (AvgIpc) is 2.65. The highest BCUT2D eigenvalue weighted by Crippen LogP contribution is 2.26. The third-order valence-electron chi connectivity index (χ3n) is 5.27. The lowest BCUT2D eigenvalue weighted by Gasteiger charge is -2.11. The van der Waals surface area contributed by atoms with Crippen molar-refractivity contribution in [2.24, 2.45) is 0 Å². The number of halogens is 1. The van der Waals surface area contributed by atoms with Gasteiger partial charge in [0.1, 0.15) is 5.38 Å². The van der Waals surface area contributed by atoms with E-state index < -0.39 is 5.38 Å². The minimum absolute atomic E-state index is 0.170. The highest BCUT2D eigenvalue weighted by atomic mass is 35.5. The van der Waals surface area contributed by atoms with Crippen molar-refractivity contribution in [2.75, 3.05) is 0 Å². The Kier molecular flexibility index (Phi) is 13.6. The van der Waals surface area contributed by atoms with Crippen LogP contribution in [0.5, 0.6) is 0 Å². The van der Waals surface area contributed by atoms with Gasteiger partial charge >= 0.3 is 0 Å². The minimum Gasteiger partial charge on any atom is -0.298 e. The molecule has 0 N–H and O–H groups in total. The molecule has 0 heterocycles. The van der Waals surface area contributed by atoms with Gasteiger partial charge in [0.05, 0.1) is 0 Å². The number of aryl methyl sites for hydroxylation is 1. The van der Waals surface area contributed by atoms with E-state index in [9.17, 15) is 4.79 Å². The lowest BCUT2D eigenvalue weighted by Crippen LogP contribution is -2.08. The molecule has 26 heavy (non-hydrogen) atoms. The summed E-state index contributed by atoms with van der Waals surface area (Å²) in [5, 5.41) is -0.478. The average molecular weight is 379 g/mol. The van der Waals surface area contributed by atoms with Gasteiger partial charge < -0.3 is 0 Å². The molecular weight excluding hydrogens is 340 g/mol. The Hall–Kier alpha value is -0.820. The summed E-state index contributed by atoms with van der Waals surface area (Å²) >= 11 is 6.36. The third kappa shape index (κ3) is 10.4. The maximum Gasteiger partial charge on any atom is 0.155 e. The highest BCUT2D eigenvalue weighted by molar-refractivity contribution is 6.31. The first-order valence-corrected chi connectivity index (χ1v) is 11.3. The quantitative estimate of drug-likeness (QED) is 0.208. The molecule has 1 aromatic carbocycles. The predicted molar refractivity (Wildman–Crippen MR) is 115 cm³/mol. The summed E-state index contributed by atoms with van der Waals surface area (Å²) in [6.45, 7) is 4.29. The molecular formula is C24H39ClO. The van der Waals surface area contributed by atoms with E-state index in [1.54, 1.807) is 0 Å². The summed E-state index contributed by atoms with van der Waals surface area (Å²) in [4.78, 5) is 12.3. The lowest BCUT2D eigenvalue weighted by molar-refractivity contribution is -0.118. The summed E-state index contributed by atoms with van der Waals surface area (Å²) in [5.41, 5.74) is 2.07. The number of alkyl halides is 1. The minimum atomic E-state index is -0.478. The van der Waals surface area contributed by atoms with Crippen LogP contribution in [-0.4, -0.2) is 5.78 Å². The van der Waals surface area contributed by atoms with Gasteiger partial charge in [0, 0.05) is 6.42 Å². The highest BCUT2D eigenvalue weighted by Gasteiger charge is 2.18. The van der Waals surface area contributed by atoms with Crippen LogP contribution in [0, 0.1) is 6.92 Å². The van der Waals surface area contributed by atoms with E-state index in [0.717, 1.165) is 24.0 Å². The van der Waals surface area contributed by atoms with Crippen LogP contribution >= 0.6 is 11.6 Å². The molecule has 1 aromatic rings. The van der Waals surface area contributed by atoms with E-state index in [2.05, 4.69) is 6.92 Å². The monoisotopic (exact) mass is 378 g/mol. The number of benzene rings is 1. The second-order valence-electron chi connectivity index (χ2n) is 7.68. The molecule has 2 heteroatoms. The Morgan fingerprint density at radius 2 is 1.27 bits per heavy atom. The Morgan fingerprint density at radius 3 is 1.77 bits per heavy atom. The van der Waals surface area contributed by atoms with E-state index in [-0.39, 0.29) is 5.78 Å². The van der Waals surface area contributed by atoms with Crippen LogP contribution in [0.3, 0.4) is 0 Å². The summed E-state index contributed by atoms with van der Waals surface area (Å²) < 4.78 is 0. The van der Waals surface area contributed by atoms with Gasteiger partial charge in [-0.15, -0.1) is 11.6 Å². The van der Waals surface area contributed by atoms with Crippen LogP contribution < -0.4 is 0 Å². The lowest BCUT2D eigenvalue weighted by atomic mass is 9.99. The van der Waals surface area contributed by atoms with Crippen molar-refractivity contribution in [1.29, 1.82) is 0 Å². The largest absolute Gasteiger partial charge is 0.298 e. The number of carbonyl (C=O) groups is 1. The summed E-state index contributed by atoms with van der Waals surface area (Å²) in [7, 11) is 0. The smallest absolute Gasteiger partial charge is 0.155 e. The van der Waals surface area contributed by atoms with Crippen LogP contribution in [-0.2, 0) is 4.79 Å². The van der Waals surface area contributed by atoms with Crippen molar-refractivity contribution in [3.05, 3.63) is 35.4 Å². The summed E-state index contributed by atoms with van der Waals surface area (Å²) in [6.07, 6.45) is 17.8. The first-order valence-electron chi connectivity index (χ1n) is 10.9. The summed E-state index contributed by atoms with van der Waals surface area (Å²) in [5.74, 6) is 0.170. The van der Waals surface area contributed by atoms with Crippen molar-refractivity contribution >= 4 is 17.4 Å². The SMILES string of the molecule is CCCCCCCCCCCCCCCC(=O)C(Cl)c1ccccc1C. The molecule has 1 nitrogen and oxygen atoms in total. The van der Waals surface area contributed by atoms with Crippen molar-refractivity contribution in [3.8, 4) is 0 Å². The van der Waals surface area contributed by atoms with Gasteiger partial charge in [-0.25, -0.2) is 0 Å². The van der Waals surface area contributed by atoms with Crippen molar-refractivity contribution in [1.82, 2.24) is 0 Å². The van der Waals surface area contributed by atoms with Crippen molar-refractivity contribution in [3.63, 3.8) is 0 Å². The predicted octanol–water partition coefficient (Wildman–Crippen LogP) is 8.33. The van der Waals surface area contributed by atoms with Crippen LogP contribution in [0.2, 0.25) is 0 Å². The standard InChI is InChI=1S/C24H39ClO/c1-3-4-5-6-7-8-9-10-11-12-13-14-15-20-23(26)24(25)22-19-17-16-18-21(22)2/h16-19,24H,3-15,20H2,1-2H3. The van der Waals surface area contributed by atoms with Gasteiger partial charge in [0.2, 0.25) is 0 Å². The zero-order valence-electron chi connectivity index (χ0n) is 17.1. The molecule has 0 aliphatic carbocycles. The molecule has 0 aliphatic heterocycles. The van der Waals surface area contributed by atoms with Gasteiger partial charge in [-0.05, 0) is 24.5 Å². The van der Waals surface area contributed by atoms with Crippen LogP contribution in [0.1, 0.15) is 113 Å². The number of hydrogen-bond donors (Lipinski definition) is 0. The number of hydrogen-bond acceptors (Lipinski definition) is 1. The molecule has 0 fully saturated rings. The fourth-order valence-corrected chi connectivity index (χ4v) is 3.84. The zero-order chi connectivity index (χ0) is 19.0. The van der Waals surface area contributed by atoms with Gasteiger partial charge in [-0.2, -0.15) is 0 Å². The number of Topliss-reactive ketones (excluding diaryl/α,β-unsaturated/α-hetero) is 1. The van der Waals surface area contributed by atoms with E-state index in [1.807, 2.05) is 31.2 Å². The molecule has 0 saturated carbocycles. The Morgan fingerprint density at radius 1 is 0.808 bits per heavy atom. The first kappa shape index (κ1) is 23.2. The molecule has 0 aliphatic rings. The number of unbranched alkanes of at least 4 members (excludes halogenated alkanes) is 12. The van der Waals surface area contributed by atoms with Crippen LogP contribution in [0.15, 0.2) is 24.3 Å². The number of ketones is 1. The molecule has 0 saturated heterocycles. The van der Waals surface area contributed by atoms with E-state index >= 15 is 0 Å². The van der Waals surface area contributed by atoms with Crippen molar-refractivity contribution < 1.29 is 4.79 Å². The molecule has 0 spiro atoms. The fourth-order valence-electron chi connectivity index (χ4n) is 3.49. The molecule has 148 valence electrons. The van der Waals surface area contributed by atoms with Gasteiger partial charge in [0.25, 0.3) is 0 Å². The number of carbonyl (C=O) groups excluding carboxylic acids is 1. The Labute approximate surface area is 166 Å². The van der Waals surface area contributed by atoms with Crippen LogP contribution in [0.4, 0.5) is 0 Å². The topological polar surface area (TPSA) is 17.1 Å². The third-order valence-corrected chi connectivity index (χ3v) is 5.75. The second-order valence-corrected chi connectivity index (χ2v) is 8.11. The fraction of sp³-hybridized carbons (Fsp3) is 0.708. The first-order chi connectivity index (χ1) is 12.7. The molecule has 0 amide bonds. The Balaban J connectivity index is 1.96. The Bertz CT molecular complexity index is 483. The van der Waals surface area contributed by atoms with E-state index in [0.29, 0.717) is 6.42 Å². The normalized spacial score (nSPS) is 12.3. The molecule has 1 unspecified atom stereocenters. The molecule has 0 radical (unpaired) electrons. The van der Waals surface area contributed by atoms with E-state index in [1.165, 1.54) is 70.6 Å². The zero-order valence-corrected chi connectivity index (χ0v) is 17.8. The molecule has 0 bridgehead atoms. The number of rotatable bonds is 16. The second kappa shape index (κ2) is 15.3. The van der Waals surface area contributed by atoms with Crippen molar-refractivity contribution in [2.45, 2.75) is 109 Å². The van der Waals surface area contributed by atoms with Gasteiger partial charge in [-0.3, -0.25) is 4.79 Å².